The summed E-state index contributed by atoms with van der Waals surface area (Å²) in [6.45, 7) is 0.698. The number of rotatable bonds is 7. The number of benzene rings is 1. The fourth-order valence-corrected chi connectivity index (χ4v) is 1.49. The molecule has 0 fully saturated rings. The number of methoxy groups -OCH3 is 1. The van der Waals surface area contributed by atoms with Crippen molar-refractivity contribution in [3.8, 4) is 0 Å². The van der Waals surface area contributed by atoms with Crippen molar-refractivity contribution in [2.45, 2.75) is 12.2 Å². The molecule has 2 atom stereocenters. The molecule has 5 heteroatoms. The average Bonchev–Trinajstić information content (AvgIpc) is 2.29. The zero-order valence-electron chi connectivity index (χ0n) is 9.77. The zero-order chi connectivity index (χ0) is 12.7. The van der Waals surface area contributed by atoms with Crippen LogP contribution in [0.15, 0.2) is 24.3 Å². The highest BCUT2D eigenvalue weighted by Gasteiger charge is 2.12. The van der Waals surface area contributed by atoms with Gasteiger partial charge in [0.2, 0.25) is 0 Å². The number of aliphatic hydroxyl groups excluding tert-OH is 2. The van der Waals surface area contributed by atoms with Crippen molar-refractivity contribution < 1.29 is 19.3 Å². The quantitative estimate of drug-likeness (QED) is 0.651. The van der Waals surface area contributed by atoms with E-state index in [2.05, 4.69) is 5.32 Å². The lowest BCUT2D eigenvalue weighted by Crippen LogP contribution is -2.32. The standard InChI is InChI=1S/C12H18FNO3/c1-17-8-9(15)6-14-7-12(16)10-4-2-3-5-11(10)13/h2-5,9,12,14-16H,6-8H2,1H3. The van der Waals surface area contributed by atoms with Crippen molar-refractivity contribution in [1.82, 2.24) is 5.32 Å². The van der Waals surface area contributed by atoms with Crippen molar-refractivity contribution in [2.75, 3.05) is 26.8 Å². The molecule has 0 saturated heterocycles. The molecule has 1 rings (SSSR count). The molecule has 0 aliphatic carbocycles. The van der Waals surface area contributed by atoms with Crippen LogP contribution in [0.3, 0.4) is 0 Å². The van der Waals surface area contributed by atoms with Crippen LogP contribution in [-0.4, -0.2) is 43.1 Å². The second kappa shape index (κ2) is 7.34. The fourth-order valence-electron chi connectivity index (χ4n) is 1.49. The van der Waals surface area contributed by atoms with Crippen LogP contribution >= 0.6 is 0 Å². The summed E-state index contributed by atoms with van der Waals surface area (Å²) in [6.07, 6.45) is -1.56. The number of hydrogen-bond acceptors (Lipinski definition) is 4. The van der Waals surface area contributed by atoms with Crippen molar-refractivity contribution in [1.29, 1.82) is 0 Å². The summed E-state index contributed by atoms with van der Waals surface area (Å²) in [6, 6.07) is 6.08. The largest absolute Gasteiger partial charge is 0.389 e. The topological polar surface area (TPSA) is 61.7 Å². The zero-order valence-corrected chi connectivity index (χ0v) is 9.77. The number of halogens is 1. The Morgan fingerprint density at radius 2 is 2.00 bits per heavy atom. The number of nitrogens with one attached hydrogen (secondary N) is 1. The van der Waals surface area contributed by atoms with Crippen LogP contribution in [0.4, 0.5) is 4.39 Å². The first-order valence-electron chi connectivity index (χ1n) is 5.45. The third-order valence-electron chi connectivity index (χ3n) is 2.34. The predicted molar refractivity (Wildman–Crippen MR) is 62.1 cm³/mol. The molecule has 0 aliphatic rings. The van der Waals surface area contributed by atoms with Crippen molar-refractivity contribution in [3.05, 3.63) is 35.6 Å². The maximum atomic E-state index is 13.3. The Labute approximate surface area is 100 Å². The third-order valence-corrected chi connectivity index (χ3v) is 2.34. The highest BCUT2D eigenvalue weighted by molar-refractivity contribution is 5.19. The van der Waals surface area contributed by atoms with E-state index in [9.17, 15) is 14.6 Å². The number of ether oxygens (including phenoxy) is 1. The summed E-state index contributed by atoms with van der Waals surface area (Å²) in [5, 5.41) is 21.9. The van der Waals surface area contributed by atoms with Gasteiger partial charge in [0.05, 0.1) is 18.8 Å². The smallest absolute Gasteiger partial charge is 0.129 e. The Morgan fingerprint density at radius 3 is 2.65 bits per heavy atom. The first kappa shape index (κ1) is 14.1. The van der Waals surface area contributed by atoms with Gasteiger partial charge < -0.3 is 20.3 Å². The predicted octanol–water partition coefficient (Wildman–Crippen LogP) is 0.456. The summed E-state index contributed by atoms with van der Waals surface area (Å²) in [4.78, 5) is 0. The van der Waals surface area contributed by atoms with Crippen LogP contribution in [0, 0.1) is 5.82 Å². The lowest BCUT2D eigenvalue weighted by atomic mass is 10.1. The van der Waals surface area contributed by atoms with E-state index >= 15 is 0 Å². The molecule has 1 aromatic rings. The molecule has 1 aromatic carbocycles. The molecule has 0 heterocycles. The van der Waals surface area contributed by atoms with Crippen LogP contribution < -0.4 is 5.32 Å². The molecule has 0 amide bonds. The molecule has 3 N–H and O–H groups in total. The maximum absolute atomic E-state index is 13.3. The Bertz CT molecular complexity index is 335. The number of hydrogen-bond donors (Lipinski definition) is 3. The molecule has 0 spiro atoms. The van der Waals surface area contributed by atoms with Crippen LogP contribution in [0.25, 0.3) is 0 Å². The summed E-state index contributed by atoms with van der Waals surface area (Å²) in [5.41, 5.74) is 0.251. The van der Waals surface area contributed by atoms with E-state index in [0.29, 0.717) is 6.54 Å². The second-order valence-electron chi connectivity index (χ2n) is 3.80. The van der Waals surface area contributed by atoms with Crippen molar-refractivity contribution in [2.24, 2.45) is 0 Å². The van der Waals surface area contributed by atoms with Gasteiger partial charge in [0.1, 0.15) is 5.82 Å². The van der Waals surface area contributed by atoms with Gasteiger partial charge in [-0.05, 0) is 6.07 Å². The van der Waals surface area contributed by atoms with Crippen molar-refractivity contribution >= 4 is 0 Å². The average molecular weight is 243 g/mol. The molecule has 0 saturated carbocycles. The van der Waals surface area contributed by atoms with E-state index in [1.807, 2.05) is 0 Å². The first-order chi connectivity index (χ1) is 8.15. The van der Waals surface area contributed by atoms with Crippen LogP contribution in [-0.2, 0) is 4.74 Å². The molecule has 0 bridgehead atoms. The van der Waals surface area contributed by atoms with Gasteiger partial charge >= 0.3 is 0 Å². The molecule has 96 valence electrons. The molecule has 17 heavy (non-hydrogen) atoms. The maximum Gasteiger partial charge on any atom is 0.129 e. The molecule has 0 aliphatic heterocycles. The van der Waals surface area contributed by atoms with E-state index in [1.165, 1.54) is 19.2 Å². The molecular formula is C12H18FNO3. The van der Waals surface area contributed by atoms with E-state index in [0.717, 1.165) is 0 Å². The Morgan fingerprint density at radius 1 is 1.29 bits per heavy atom. The van der Waals surface area contributed by atoms with Crippen molar-refractivity contribution in [3.63, 3.8) is 0 Å². The Kier molecular flexibility index (Phi) is 6.07. The van der Waals surface area contributed by atoms with Gasteiger partial charge in [0.15, 0.2) is 0 Å². The van der Waals surface area contributed by atoms with Crippen LogP contribution in [0.2, 0.25) is 0 Å². The third kappa shape index (κ3) is 4.79. The number of aliphatic hydroxyl groups is 2. The lowest BCUT2D eigenvalue weighted by Gasteiger charge is -2.15. The normalized spacial score (nSPS) is 14.6. The van der Waals surface area contributed by atoms with Gasteiger partial charge in [0, 0.05) is 25.8 Å². The fraction of sp³-hybridized carbons (Fsp3) is 0.500. The Hall–Kier alpha value is -1.01. The Balaban J connectivity index is 2.35. The van der Waals surface area contributed by atoms with E-state index in [1.54, 1.807) is 12.1 Å². The van der Waals surface area contributed by atoms with E-state index < -0.39 is 18.0 Å². The monoisotopic (exact) mass is 243 g/mol. The SMILES string of the molecule is COCC(O)CNCC(O)c1ccccc1F. The summed E-state index contributed by atoms with van der Waals surface area (Å²) >= 11 is 0. The van der Waals surface area contributed by atoms with Crippen LogP contribution in [0.1, 0.15) is 11.7 Å². The van der Waals surface area contributed by atoms with Gasteiger partial charge in [-0.2, -0.15) is 0 Å². The summed E-state index contributed by atoms with van der Waals surface area (Å²) in [7, 11) is 1.50. The van der Waals surface area contributed by atoms with Gasteiger partial charge in [0.25, 0.3) is 0 Å². The van der Waals surface area contributed by atoms with Crippen LogP contribution in [0.5, 0.6) is 0 Å². The van der Waals surface area contributed by atoms with E-state index in [-0.39, 0.29) is 18.7 Å². The lowest BCUT2D eigenvalue weighted by molar-refractivity contribution is 0.0615. The minimum atomic E-state index is -0.925. The second-order valence-corrected chi connectivity index (χ2v) is 3.80. The van der Waals surface area contributed by atoms with Gasteiger partial charge in [-0.1, -0.05) is 18.2 Å². The minimum Gasteiger partial charge on any atom is -0.389 e. The van der Waals surface area contributed by atoms with Gasteiger partial charge in [-0.15, -0.1) is 0 Å². The molecule has 0 radical (unpaired) electrons. The molecular weight excluding hydrogens is 225 g/mol. The summed E-state index contributed by atoms with van der Waals surface area (Å²) < 4.78 is 18.0. The molecule has 4 nitrogen and oxygen atoms in total. The first-order valence-corrected chi connectivity index (χ1v) is 5.45. The highest BCUT2D eigenvalue weighted by atomic mass is 19.1. The van der Waals surface area contributed by atoms with Gasteiger partial charge in [-0.25, -0.2) is 4.39 Å². The molecule has 2 unspecified atom stereocenters. The minimum absolute atomic E-state index is 0.182. The van der Waals surface area contributed by atoms with E-state index in [4.69, 9.17) is 4.74 Å². The molecule has 0 aromatic heterocycles. The van der Waals surface area contributed by atoms with Gasteiger partial charge in [-0.3, -0.25) is 0 Å². The summed E-state index contributed by atoms with van der Waals surface area (Å²) in [5.74, 6) is -0.431. The highest BCUT2D eigenvalue weighted by Crippen LogP contribution is 2.15.